The van der Waals surface area contributed by atoms with E-state index in [4.69, 9.17) is 0 Å². The Morgan fingerprint density at radius 1 is 0.737 bits per heavy atom. The number of aryl methyl sites for hydroxylation is 4. The lowest BCUT2D eigenvalue weighted by Crippen LogP contribution is -1.96. The first-order valence-corrected chi connectivity index (χ1v) is 7.10. The molecule has 19 heavy (non-hydrogen) atoms. The zero-order chi connectivity index (χ0) is 13.8. The van der Waals surface area contributed by atoms with Crippen molar-refractivity contribution in [3.8, 4) is 0 Å². The van der Waals surface area contributed by atoms with Crippen LogP contribution in [0.4, 0.5) is 11.4 Å². The van der Waals surface area contributed by atoms with Gasteiger partial charge in [-0.3, -0.25) is 0 Å². The van der Waals surface area contributed by atoms with Crippen LogP contribution in [0.3, 0.4) is 0 Å². The molecular formula is C18H23N. The van der Waals surface area contributed by atoms with Crippen LogP contribution in [-0.4, -0.2) is 0 Å². The Morgan fingerprint density at radius 3 is 2.00 bits per heavy atom. The van der Waals surface area contributed by atoms with Gasteiger partial charge >= 0.3 is 0 Å². The van der Waals surface area contributed by atoms with Crippen LogP contribution in [0.1, 0.15) is 36.1 Å². The molecule has 0 aromatic heterocycles. The molecule has 2 aromatic carbocycles. The molecule has 0 spiro atoms. The van der Waals surface area contributed by atoms with E-state index in [0.29, 0.717) is 0 Å². The molecule has 0 heterocycles. The molecule has 1 heteroatoms. The van der Waals surface area contributed by atoms with Gasteiger partial charge in [0.15, 0.2) is 0 Å². The lowest BCUT2D eigenvalue weighted by Gasteiger charge is -2.12. The molecule has 0 aliphatic rings. The van der Waals surface area contributed by atoms with Crippen LogP contribution in [0.15, 0.2) is 36.4 Å². The Labute approximate surface area is 116 Å². The summed E-state index contributed by atoms with van der Waals surface area (Å²) in [6.07, 6.45) is 2.19. The third-order valence-corrected chi connectivity index (χ3v) is 3.76. The lowest BCUT2D eigenvalue weighted by molar-refractivity contribution is 1.04. The molecule has 0 aliphatic heterocycles. The number of hydrogen-bond acceptors (Lipinski definition) is 1. The first kappa shape index (κ1) is 13.7. The van der Waals surface area contributed by atoms with Crippen molar-refractivity contribution >= 4 is 11.4 Å². The molecule has 0 aliphatic carbocycles. The van der Waals surface area contributed by atoms with Gasteiger partial charge in [-0.15, -0.1) is 0 Å². The van der Waals surface area contributed by atoms with Gasteiger partial charge in [0.25, 0.3) is 0 Å². The van der Waals surface area contributed by atoms with Gasteiger partial charge in [-0.1, -0.05) is 26.0 Å². The quantitative estimate of drug-likeness (QED) is 0.792. The van der Waals surface area contributed by atoms with E-state index in [1.54, 1.807) is 0 Å². The predicted octanol–water partition coefficient (Wildman–Crippen LogP) is 5.17. The zero-order valence-corrected chi connectivity index (χ0v) is 12.4. The van der Waals surface area contributed by atoms with Crippen LogP contribution in [-0.2, 0) is 12.8 Å². The number of anilines is 2. The fourth-order valence-corrected chi connectivity index (χ4v) is 2.36. The van der Waals surface area contributed by atoms with Gasteiger partial charge in [0.2, 0.25) is 0 Å². The van der Waals surface area contributed by atoms with Gasteiger partial charge < -0.3 is 5.32 Å². The molecule has 0 bridgehead atoms. The Hall–Kier alpha value is -1.76. The molecule has 1 nitrogen and oxygen atoms in total. The van der Waals surface area contributed by atoms with Crippen molar-refractivity contribution in [1.82, 2.24) is 0 Å². The van der Waals surface area contributed by atoms with Gasteiger partial charge in [0, 0.05) is 11.4 Å². The topological polar surface area (TPSA) is 12.0 Å². The fourth-order valence-electron chi connectivity index (χ4n) is 2.36. The average molecular weight is 253 g/mol. The van der Waals surface area contributed by atoms with Crippen LogP contribution >= 0.6 is 0 Å². The maximum atomic E-state index is 3.50. The van der Waals surface area contributed by atoms with Crippen LogP contribution in [0.25, 0.3) is 0 Å². The summed E-state index contributed by atoms with van der Waals surface area (Å²) in [4.78, 5) is 0. The molecule has 0 radical (unpaired) electrons. The third kappa shape index (κ3) is 3.17. The van der Waals surface area contributed by atoms with Crippen LogP contribution < -0.4 is 5.32 Å². The van der Waals surface area contributed by atoms with E-state index in [0.717, 1.165) is 18.5 Å². The lowest BCUT2D eigenvalue weighted by atomic mass is 10.0. The van der Waals surface area contributed by atoms with Crippen molar-refractivity contribution in [2.45, 2.75) is 40.5 Å². The van der Waals surface area contributed by atoms with E-state index in [-0.39, 0.29) is 0 Å². The second-order valence-electron chi connectivity index (χ2n) is 5.11. The second-order valence-corrected chi connectivity index (χ2v) is 5.11. The second kappa shape index (κ2) is 5.92. The van der Waals surface area contributed by atoms with Gasteiger partial charge in [-0.05, 0) is 73.2 Å². The summed E-state index contributed by atoms with van der Waals surface area (Å²) in [6.45, 7) is 8.72. The van der Waals surface area contributed by atoms with Crippen LogP contribution in [0, 0.1) is 13.8 Å². The molecule has 0 atom stereocenters. The zero-order valence-electron chi connectivity index (χ0n) is 12.4. The van der Waals surface area contributed by atoms with Crippen molar-refractivity contribution < 1.29 is 0 Å². The Kier molecular flexibility index (Phi) is 4.26. The highest BCUT2D eigenvalue weighted by Gasteiger charge is 2.02. The highest BCUT2D eigenvalue weighted by molar-refractivity contribution is 5.62. The van der Waals surface area contributed by atoms with Gasteiger partial charge in [-0.25, -0.2) is 0 Å². The SMILES string of the molecule is CCc1ccc(Nc2ccc(C)c(C)c2)cc1CC. The normalized spacial score (nSPS) is 10.5. The summed E-state index contributed by atoms with van der Waals surface area (Å²) in [6, 6.07) is 13.2. The molecule has 0 saturated carbocycles. The van der Waals surface area contributed by atoms with Crippen molar-refractivity contribution in [2.75, 3.05) is 5.32 Å². The van der Waals surface area contributed by atoms with E-state index in [1.807, 2.05) is 0 Å². The molecular weight excluding hydrogens is 230 g/mol. The van der Waals surface area contributed by atoms with Crippen molar-refractivity contribution in [3.05, 3.63) is 58.7 Å². The number of hydrogen-bond donors (Lipinski definition) is 1. The minimum Gasteiger partial charge on any atom is -0.356 e. The Balaban J connectivity index is 2.25. The average Bonchev–Trinajstić information content (AvgIpc) is 2.43. The number of benzene rings is 2. The van der Waals surface area contributed by atoms with E-state index in [9.17, 15) is 0 Å². The molecule has 1 N–H and O–H groups in total. The Morgan fingerprint density at radius 2 is 1.37 bits per heavy atom. The first-order chi connectivity index (χ1) is 9.13. The predicted molar refractivity (Wildman–Crippen MR) is 84.4 cm³/mol. The molecule has 2 aromatic rings. The monoisotopic (exact) mass is 253 g/mol. The minimum atomic E-state index is 1.09. The van der Waals surface area contributed by atoms with E-state index in [2.05, 4.69) is 69.4 Å². The van der Waals surface area contributed by atoms with E-state index in [1.165, 1.54) is 27.9 Å². The largest absolute Gasteiger partial charge is 0.356 e. The summed E-state index contributed by atoms with van der Waals surface area (Å²) >= 11 is 0. The fraction of sp³-hybridized carbons (Fsp3) is 0.333. The summed E-state index contributed by atoms with van der Waals surface area (Å²) in [5, 5.41) is 3.50. The van der Waals surface area contributed by atoms with Gasteiger partial charge in [0.1, 0.15) is 0 Å². The molecule has 2 rings (SSSR count). The van der Waals surface area contributed by atoms with E-state index >= 15 is 0 Å². The molecule has 0 amide bonds. The third-order valence-electron chi connectivity index (χ3n) is 3.76. The first-order valence-electron chi connectivity index (χ1n) is 7.10. The van der Waals surface area contributed by atoms with Crippen LogP contribution in [0.5, 0.6) is 0 Å². The number of rotatable bonds is 4. The van der Waals surface area contributed by atoms with Crippen LogP contribution in [0.2, 0.25) is 0 Å². The maximum absolute atomic E-state index is 3.50. The molecule has 0 saturated heterocycles. The highest BCUT2D eigenvalue weighted by atomic mass is 14.9. The minimum absolute atomic E-state index is 1.09. The standard InChI is InChI=1S/C18H23N/c1-5-15-8-10-18(12-16(15)6-2)19-17-9-7-13(3)14(4)11-17/h7-12,19H,5-6H2,1-4H3. The summed E-state index contributed by atoms with van der Waals surface area (Å²) in [5.74, 6) is 0. The van der Waals surface area contributed by atoms with Crippen molar-refractivity contribution in [1.29, 1.82) is 0 Å². The molecule has 0 unspecified atom stereocenters. The molecule has 0 fully saturated rings. The molecule has 100 valence electrons. The van der Waals surface area contributed by atoms with E-state index < -0.39 is 0 Å². The smallest absolute Gasteiger partial charge is 0.0387 e. The summed E-state index contributed by atoms with van der Waals surface area (Å²) in [5.41, 5.74) is 7.89. The Bertz CT molecular complexity index is 570. The summed E-state index contributed by atoms with van der Waals surface area (Å²) in [7, 11) is 0. The highest BCUT2D eigenvalue weighted by Crippen LogP contribution is 2.22. The van der Waals surface area contributed by atoms with Gasteiger partial charge in [0.05, 0.1) is 0 Å². The van der Waals surface area contributed by atoms with Crippen molar-refractivity contribution in [3.63, 3.8) is 0 Å². The van der Waals surface area contributed by atoms with Crippen molar-refractivity contribution in [2.24, 2.45) is 0 Å². The number of nitrogens with one attached hydrogen (secondary N) is 1. The van der Waals surface area contributed by atoms with Gasteiger partial charge in [-0.2, -0.15) is 0 Å². The summed E-state index contributed by atoms with van der Waals surface area (Å²) < 4.78 is 0. The maximum Gasteiger partial charge on any atom is 0.0387 e.